The van der Waals surface area contributed by atoms with E-state index >= 15 is 0 Å². The van der Waals surface area contributed by atoms with Crippen molar-refractivity contribution in [2.75, 3.05) is 0 Å². The third-order valence-electron chi connectivity index (χ3n) is 1.12. The molecule has 0 bridgehead atoms. The Balaban J connectivity index is 3.72. The van der Waals surface area contributed by atoms with Crippen LogP contribution in [0.2, 0.25) is 0 Å². The summed E-state index contributed by atoms with van der Waals surface area (Å²) in [7, 11) is 0. The third kappa shape index (κ3) is 2.38. The number of hydrogen-bond acceptors (Lipinski definition) is 0. The molecule has 0 aliphatic carbocycles. The highest BCUT2D eigenvalue weighted by atomic mass is 19.1. The van der Waals surface area contributed by atoms with Gasteiger partial charge in [0.25, 0.3) is 0 Å². The summed E-state index contributed by atoms with van der Waals surface area (Å²) in [5.41, 5.74) is 0.847. The number of halogens is 1. The summed E-state index contributed by atoms with van der Waals surface area (Å²) < 4.78 is 12.0. The Kier molecular flexibility index (Phi) is 2.65. The van der Waals surface area contributed by atoms with Gasteiger partial charge in [0, 0.05) is 0 Å². The molecule has 1 heteroatoms. The van der Waals surface area contributed by atoms with Crippen LogP contribution < -0.4 is 0 Å². The maximum absolute atomic E-state index is 12.0. The molecule has 0 N–H and O–H groups in total. The third-order valence-corrected chi connectivity index (χ3v) is 1.12. The van der Waals surface area contributed by atoms with Crippen molar-refractivity contribution in [2.24, 2.45) is 0 Å². The van der Waals surface area contributed by atoms with E-state index in [1.54, 1.807) is 6.92 Å². The van der Waals surface area contributed by atoms with Crippen molar-refractivity contribution in [3.05, 3.63) is 11.4 Å². The fourth-order valence-electron chi connectivity index (χ4n) is 0.244. The zero-order valence-electron chi connectivity index (χ0n) is 5.09. The Bertz CT molecular complexity index is 78.2. The highest BCUT2D eigenvalue weighted by molar-refractivity contribution is 5.00. The average molecular weight is 102 g/mol. The molecule has 0 aromatic heterocycles. The maximum atomic E-state index is 12.0. The molecular weight excluding hydrogens is 91.1 g/mol. The van der Waals surface area contributed by atoms with Crippen molar-refractivity contribution in [3.63, 3.8) is 0 Å². The van der Waals surface area contributed by atoms with Crippen LogP contribution >= 0.6 is 0 Å². The molecule has 0 aliphatic rings. The molecule has 0 aromatic rings. The van der Waals surface area contributed by atoms with Crippen LogP contribution in [0.15, 0.2) is 11.4 Å². The first kappa shape index (κ1) is 6.67. The standard InChI is InChI=1S/C6H11F/c1-4-5(2)6(3)7/h4H2,1-3H3/b6-5+. The normalized spacial score (nSPS) is 13.7. The maximum Gasteiger partial charge on any atom is 0.0957 e. The molecular formula is C6H11F. The second kappa shape index (κ2) is 2.78. The molecule has 0 atom stereocenters. The average Bonchev–Trinajstić information content (AvgIpc) is 1.65. The minimum atomic E-state index is -0.0394. The lowest BCUT2D eigenvalue weighted by Crippen LogP contribution is -1.72. The van der Waals surface area contributed by atoms with Crippen LogP contribution in [0.5, 0.6) is 0 Å². The summed E-state index contributed by atoms with van der Waals surface area (Å²) in [6.45, 7) is 5.23. The van der Waals surface area contributed by atoms with Crippen molar-refractivity contribution in [2.45, 2.75) is 27.2 Å². The largest absolute Gasteiger partial charge is 0.212 e. The quantitative estimate of drug-likeness (QED) is 0.477. The van der Waals surface area contributed by atoms with E-state index in [9.17, 15) is 4.39 Å². The summed E-state index contributed by atoms with van der Waals surface area (Å²) in [6.07, 6.45) is 0.822. The van der Waals surface area contributed by atoms with Gasteiger partial charge in [-0.15, -0.1) is 0 Å². The van der Waals surface area contributed by atoms with Crippen molar-refractivity contribution >= 4 is 0 Å². The van der Waals surface area contributed by atoms with Crippen LogP contribution in [0.3, 0.4) is 0 Å². The van der Waals surface area contributed by atoms with E-state index in [2.05, 4.69) is 0 Å². The van der Waals surface area contributed by atoms with Gasteiger partial charge in [0.2, 0.25) is 0 Å². The fraction of sp³-hybridized carbons (Fsp3) is 0.667. The number of rotatable bonds is 1. The Morgan fingerprint density at radius 1 is 1.43 bits per heavy atom. The molecule has 0 aliphatic heterocycles. The van der Waals surface area contributed by atoms with Crippen LogP contribution in [-0.4, -0.2) is 0 Å². The van der Waals surface area contributed by atoms with Gasteiger partial charge in [-0.2, -0.15) is 0 Å². The molecule has 0 heterocycles. The van der Waals surface area contributed by atoms with Crippen molar-refractivity contribution in [1.82, 2.24) is 0 Å². The van der Waals surface area contributed by atoms with Gasteiger partial charge in [0.05, 0.1) is 5.83 Å². The summed E-state index contributed by atoms with van der Waals surface area (Å²) in [5.74, 6) is -0.0394. The van der Waals surface area contributed by atoms with Crippen molar-refractivity contribution < 1.29 is 4.39 Å². The molecule has 42 valence electrons. The molecule has 0 unspecified atom stereocenters. The Hall–Kier alpha value is -0.330. The second-order valence-corrected chi connectivity index (χ2v) is 1.67. The lowest BCUT2D eigenvalue weighted by Gasteiger charge is -1.90. The molecule has 0 aromatic carbocycles. The molecule has 0 spiro atoms. The van der Waals surface area contributed by atoms with E-state index in [1.807, 2.05) is 6.92 Å². The van der Waals surface area contributed by atoms with Crippen molar-refractivity contribution in [3.8, 4) is 0 Å². The van der Waals surface area contributed by atoms with Gasteiger partial charge >= 0.3 is 0 Å². The lowest BCUT2D eigenvalue weighted by atomic mass is 10.2. The zero-order valence-corrected chi connectivity index (χ0v) is 5.09. The van der Waals surface area contributed by atoms with E-state index < -0.39 is 0 Å². The van der Waals surface area contributed by atoms with E-state index in [-0.39, 0.29) is 5.83 Å². The Morgan fingerprint density at radius 3 is 1.86 bits per heavy atom. The van der Waals surface area contributed by atoms with Gasteiger partial charge in [-0.25, -0.2) is 4.39 Å². The lowest BCUT2D eigenvalue weighted by molar-refractivity contribution is 0.621. The summed E-state index contributed by atoms with van der Waals surface area (Å²) in [4.78, 5) is 0. The zero-order chi connectivity index (χ0) is 5.86. The smallest absolute Gasteiger partial charge is 0.0957 e. The second-order valence-electron chi connectivity index (χ2n) is 1.67. The number of allylic oxidation sites excluding steroid dienone is 2. The highest BCUT2D eigenvalue weighted by Gasteiger charge is 1.87. The van der Waals surface area contributed by atoms with Gasteiger partial charge in [0.15, 0.2) is 0 Å². The first-order valence-corrected chi connectivity index (χ1v) is 2.50. The molecule has 0 saturated heterocycles. The van der Waals surface area contributed by atoms with Gasteiger partial charge in [-0.3, -0.25) is 0 Å². The molecule has 0 fully saturated rings. The summed E-state index contributed by atoms with van der Waals surface area (Å²) >= 11 is 0. The molecule has 0 saturated carbocycles. The molecule has 0 nitrogen and oxygen atoms in total. The monoisotopic (exact) mass is 102 g/mol. The summed E-state index contributed by atoms with van der Waals surface area (Å²) in [5, 5.41) is 0. The SMILES string of the molecule is CC/C(C)=C(\C)F. The predicted molar refractivity (Wildman–Crippen MR) is 29.8 cm³/mol. The van der Waals surface area contributed by atoms with Gasteiger partial charge in [-0.1, -0.05) is 6.92 Å². The van der Waals surface area contributed by atoms with Crippen LogP contribution in [0.4, 0.5) is 4.39 Å². The molecule has 7 heavy (non-hydrogen) atoms. The van der Waals surface area contributed by atoms with Crippen LogP contribution in [-0.2, 0) is 0 Å². The minimum absolute atomic E-state index is 0.0394. The van der Waals surface area contributed by atoms with Crippen LogP contribution in [0, 0.1) is 0 Å². The van der Waals surface area contributed by atoms with E-state index in [4.69, 9.17) is 0 Å². The first-order valence-electron chi connectivity index (χ1n) is 2.50. The Morgan fingerprint density at radius 2 is 1.86 bits per heavy atom. The van der Waals surface area contributed by atoms with Crippen LogP contribution in [0.1, 0.15) is 27.2 Å². The van der Waals surface area contributed by atoms with Gasteiger partial charge in [0.1, 0.15) is 0 Å². The number of hydrogen-bond donors (Lipinski definition) is 0. The highest BCUT2D eigenvalue weighted by Crippen LogP contribution is 2.06. The van der Waals surface area contributed by atoms with Gasteiger partial charge in [-0.05, 0) is 25.8 Å². The fourth-order valence-corrected chi connectivity index (χ4v) is 0.244. The topological polar surface area (TPSA) is 0 Å². The minimum Gasteiger partial charge on any atom is -0.212 e. The van der Waals surface area contributed by atoms with E-state index in [0.717, 1.165) is 12.0 Å². The van der Waals surface area contributed by atoms with E-state index in [0.29, 0.717) is 0 Å². The van der Waals surface area contributed by atoms with Crippen molar-refractivity contribution in [1.29, 1.82) is 0 Å². The molecule has 0 rings (SSSR count). The predicted octanol–water partition coefficient (Wildman–Crippen LogP) is 2.66. The van der Waals surface area contributed by atoms with Gasteiger partial charge < -0.3 is 0 Å². The summed E-state index contributed by atoms with van der Waals surface area (Å²) in [6, 6.07) is 0. The van der Waals surface area contributed by atoms with E-state index in [1.165, 1.54) is 6.92 Å². The van der Waals surface area contributed by atoms with Crippen LogP contribution in [0.25, 0.3) is 0 Å². The Labute approximate surface area is 44.0 Å². The first-order chi connectivity index (χ1) is 3.18. The molecule has 0 amide bonds. The molecule has 0 radical (unpaired) electrons.